The minimum Gasteiger partial charge on any atom is -0.468 e. The molecular weight excluding hydrogens is 154 g/mol. The molecule has 0 saturated heterocycles. The van der Waals surface area contributed by atoms with Crippen molar-refractivity contribution in [3.63, 3.8) is 0 Å². The van der Waals surface area contributed by atoms with Crippen LogP contribution in [-0.4, -0.2) is 23.1 Å². The van der Waals surface area contributed by atoms with Gasteiger partial charge in [-0.2, -0.15) is 0 Å². The molecule has 0 amide bonds. The molecule has 1 unspecified atom stereocenters. The number of aryl methyl sites for hydroxylation is 1. The summed E-state index contributed by atoms with van der Waals surface area (Å²) in [6, 6.07) is 0.886. The van der Waals surface area contributed by atoms with E-state index >= 15 is 0 Å². The van der Waals surface area contributed by atoms with Gasteiger partial charge in [-0.05, 0) is 12.8 Å². The van der Waals surface area contributed by atoms with Gasteiger partial charge in [0.25, 0.3) is 6.01 Å². The van der Waals surface area contributed by atoms with Gasteiger partial charge >= 0.3 is 0 Å². The number of methoxy groups -OCH3 is 1. The Bertz CT molecular complexity index is 282. The molecule has 0 spiro atoms. The summed E-state index contributed by atoms with van der Waals surface area (Å²) < 4.78 is 4.99. The first-order valence-corrected chi connectivity index (χ1v) is 4.17. The molecule has 4 nitrogen and oxygen atoms in total. The maximum Gasteiger partial charge on any atom is 0.293 e. The van der Waals surface area contributed by atoms with Crippen molar-refractivity contribution in [2.24, 2.45) is 5.73 Å². The molecule has 0 aliphatic heterocycles. The first-order chi connectivity index (χ1) is 5.79. The smallest absolute Gasteiger partial charge is 0.293 e. The van der Waals surface area contributed by atoms with Crippen LogP contribution in [0.5, 0.6) is 6.01 Å². The van der Waals surface area contributed by atoms with Crippen molar-refractivity contribution in [1.29, 1.82) is 0 Å². The van der Waals surface area contributed by atoms with E-state index in [1.165, 1.54) is 0 Å². The number of fused-ring (bicyclic) bond motifs is 1. The van der Waals surface area contributed by atoms with Gasteiger partial charge in [0.05, 0.1) is 12.8 Å². The number of aromatic amines is 1. The Morgan fingerprint density at radius 3 is 3.25 bits per heavy atom. The number of nitrogens with zero attached hydrogens (tertiary/aromatic N) is 1. The van der Waals surface area contributed by atoms with E-state index in [9.17, 15) is 0 Å². The Hall–Kier alpha value is -1.03. The fourth-order valence-corrected chi connectivity index (χ4v) is 1.58. The lowest BCUT2D eigenvalue weighted by Crippen LogP contribution is -2.27. The number of imidazole rings is 1. The third kappa shape index (κ3) is 1.18. The summed E-state index contributed by atoms with van der Waals surface area (Å²) in [5, 5.41) is 0. The Kier molecular flexibility index (Phi) is 1.77. The van der Waals surface area contributed by atoms with Crippen molar-refractivity contribution in [3.8, 4) is 6.01 Å². The molecule has 1 aliphatic carbocycles. The molecular formula is C8H13N3O. The van der Waals surface area contributed by atoms with Crippen LogP contribution in [-0.2, 0) is 12.8 Å². The molecule has 0 bridgehead atoms. The highest BCUT2D eigenvalue weighted by molar-refractivity contribution is 5.21. The standard InChI is InChI=1S/C8H13N3O/c1-12-8-10-6-3-2-5(9)4-7(6)11-8/h5H,2-4,9H2,1H3,(H,10,11). The lowest BCUT2D eigenvalue weighted by molar-refractivity contribution is 0.383. The third-order valence-electron chi connectivity index (χ3n) is 2.25. The quantitative estimate of drug-likeness (QED) is 0.629. The van der Waals surface area contributed by atoms with Crippen LogP contribution in [0, 0.1) is 0 Å². The van der Waals surface area contributed by atoms with Crippen molar-refractivity contribution in [2.45, 2.75) is 25.3 Å². The van der Waals surface area contributed by atoms with Crippen LogP contribution in [0.25, 0.3) is 0 Å². The molecule has 1 aromatic rings. The Balaban J connectivity index is 2.28. The zero-order valence-electron chi connectivity index (χ0n) is 7.13. The Labute approximate surface area is 71.1 Å². The number of nitrogens with two attached hydrogens (primary N) is 1. The first-order valence-electron chi connectivity index (χ1n) is 4.17. The molecule has 1 atom stereocenters. The summed E-state index contributed by atoms with van der Waals surface area (Å²) >= 11 is 0. The number of hydrogen-bond donors (Lipinski definition) is 2. The lowest BCUT2D eigenvalue weighted by Gasteiger charge is -2.15. The van der Waals surface area contributed by atoms with Gasteiger partial charge in [0.2, 0.25) is 0 Å². The van der Waals surface area contributed by atoms with Gasteiger partial charge in [0, 0.05) is 18.2 Å². The van der Waals surface area contributed by atoms with Crippen LogP contribution in [0.4, 0.5) is 0 Å². The van der Waals surface area contributed by atoms with Crippen LogP contribution in [0.1, 0.15) is 17.8 Å². The van der Waals surface area contributed by atoms with E-state index in [1.807, 2.05) is 0 Å². The predicted octanol–water partition coefficient (Wildman–Crippen LogP) is 0.234. The van der Waals surface area contributed by atoms with Crippen LogP contribution >= 0.6 is 0 Å². The van der Waals surface area contributed by atoms with Gasteiger partial charge in [0.1, 0.15) is 0 Å². The van der Waals surface area contributed by atoms with E-state index in [-0.39, 0.29) is 6.04 Å². The highest BCUT2D eigenvalue weighted by atomic mass is 16.5. The first kappa shape index (κ1) is 7.61. The van der Waals surface area contributed by atoms with Crippen LogP contribution in [0.3, 0.4) is 0 Å². The average Bonchev–Trinajstić information content (AvgIpc) is 2.46. The molecule has 0 aromatic carbocycles. The number of hydrogen-bond acceptors (Lipinski definition) is 3. The minimum atomic E-state index is 0.280. The minimum absolute atomic E-state index is 0.280. The fraction of sp³-hybridized carbons (Fsp3) is 0.625. The predicted molar refractivity (Wildman–Crippen MR) is 45.1 cm³/mol. The lowest BCUT2D eigenvalue weighted by atomic mass is 9.97. The highest BCUT2D eigenvalue weighted by Crippen LogP contribution is 2.20. The molecule has 1 aromatic heterocycles. The second kappa shape index (κ2) is 2.79. The second-order valence-corrected chi connectivity index (χ2v) is 3.17. The molecule has 2 rings (SSSR count). The van der Waals surface area contributed by atoms with E-state index in [0.29, 0.717) is 6.01 Å². The van der Waals surface area contributed by atoms with Crippen LogP contribution in [0.2, 0.25) is 0 Å². The van der Waals surface area contributed by atoms with E-state index in [1.54, 1.807) is 7.11 Å². The molecule has 4 heteroatoms. The number of nitrogens with one attached hydrogen (secondary N) is 1. The van der Waals surface area contributed by atoms with Gasteiger partial charge in [-0.15, -0.1) is 0 Å². The molecule has 3 N–H and O–H groups in total. The molecule has 1 aliphatic rings. The normalized spacial score (nSPS) is 22.0. The molecule has 0 fully saturated rings. The maximum absolute atomic E-state index is 5.81. The van der Waals surface area contributed by atoms with Gasteiger partial charge in [0.15, 0.2) is 0 Å². The number of H-pyrrole nitrogens is 1. The SMILES string of the molecule is COc1nc2c([nH]1)CC(N)CC2. The van der Waals surface area contributed by atoms with E-state index in [0.717, 1.165) is 30.7 Å². The Morgan fingerprint density at radius 1 is 1.67 bits per heavy atom. The fourth-order valence-electron chi connectivity index (χ4n) is 1.58. The molecule has 12 heavy (non-hydrogen) atoms. The molecule has 66 valence electrons. The van der Waals surface area contributed by atoms with E-state index in [2.05, 4.69) is 9.97 Å². The van der Waals surface area contributed by atoms with Crippen molar-refractivity contribution < 1.29 is 4.74 Å². The molecule has 0 saturated carbocycles. The van der Waals surface area contributed by atoms with Crippen molar-refractivity contribution in [1.82, 2.24) is 9.97 Å². The van der Waals surface area contributed by atoms with Gasteiger partial charge < -0.3 is 15.5 Å². The summed E-state index contributed by atoms with van der Waals surface area (Å²) in [6.07, 6.45) is 2.89. The van der Waals surface area contributed by atoms with Crippen LogP contribution in [0.15, 0.2) is 0 Å². The Morgan fingerprint density at radius 2 is 2.50 bits per heavy atom. The summed E-state index contributed by atoms with van der Waals surface area (Å²) in [5.41, 5.74) is 8.07. The number of ether oxygens (including phenoxy) is 1. The number of aromatic nitrogens is 2. The third-order valence-corrected chi connectivity index (χ3v) is 2.25. The van der Waals surface area contributed by atoms with E-state index < -0.39 is 0 Å². The van der Waals surface area contributed by atoms with Gasteiger partial charge in [-0.3, -0.25) is 0 Å². The summed E-state index contributed by atoms with van der Waals surface area (Å²) in [5.74, 6) is 0. The van der Waals surface area contributed by atoms with Crippen LogP contribution < -0.4 is 10.5 Å². The van der Waals surface area contributed by atoms with Crippen molar-refractivity contribution in [2.75, 3.05) is 7.11 Å². The average molecular weight is 167 g/mol. The van der Waals surface area contributed by atoms with Crippen molar-refractivity contribution >= 4 is 0 Å². The maximum atomic E-state index is 5.81. The topological polar surface area (TPSA) is 63.9 Å². The van der Waals surface area contributed by atoms with Crippen molar-refractivity contribution in [3.05, 3.63) is 11.4 Å². The summed E-state index contributed by atoms with van der Waals surface area (Å²) in [6.45, 7) is 0. The zero-order chi connectivity index (χ0) is 8.55. The van der Waals surface area contributed by atoms with Gasteiger partial charge in [-0.25, -0.2) is 4.98 Å². The van der Waals surface area contributed by atoms with E-state index in [4.69, 9.17) is 10.5 Å². The number of rotatable bonds is 1. The monoisotopic (exact) mass is 167 g/mol. The largest absolute Gasteiger partial charge is 0.468 e. The summed E-state index contributed by atoms with van der Waals surface area (Å²) in [4.78, 5) is 7.37. The highest BCUT2D eigenvalue weighted by Gasteiger charge is 2.19. The van der Waals surface area contributed by atoms with Gasteiger partial charge in [-0.1, -0.05) is 0 Å². The second-order valence-electron chi connectivity index (χ2n) is 3.17. The zero-order valence-corrected chi connectivity index (χ0v) is 7.13. The molecule has 1 heterocycles. The summed E-state index contributed by atoms with van der Waals surface area (Å²) in [7, 11) is 1.62. The molecule has 0 radical (unpaired) electrons.